The Bertz CT molecular complexity index is 944. The first-order chi connectivity index (χ1) is 15.7. The highest BCUT2D eigenvalue weighted by Crippen LogP contribution is 2.28. The number of rotatable bonds is 7. The van der Waals surface area contributed by atoms with Crippen LogP contribution in [0.25, 0.3) is 0 Å². The van der Waals surface area contributed by atoms with Crippen molar-refractivity contribution in [3.05, 3.63) is 35.9 Å². The Morgan fingerprint density at radius 2 is 1.94 bits per heavy atom. The van der Waals surface area contributed by atoms with Gasteiger partial charge >= 0.3 is 12.0 Å². The van der Waals surface area contributed by atoms with Crippen molar-refractivity contribution in [2.45, 2.75) is 39.0 Å². The third-order valence-corrected chi connectivity index (χ3v) is 5.55. The Morgan fingerprint density at radius 1 is 1.24 bits per heavy atom. The average molecular weight is 456 g/mol. The Balaban J connectivity index is 1.93. The van der Waals surface area contributed by atoms with Gasteiger partial charge in [-0.05, 0) is 11.5 Å². The molecular formula is C23H29N5O5. The molecule has 2 heterocycles. The lowest BCUT2D eigenvalue weighted by molar-refractivity contribution is -0.190. The minimum Gasteiger partial charge on any atom is -0.481 e. The topological polar surface area (TPSA) is 114 Å². The molecule has 2 fully saturated rings. The van der Waals surface area contributed by atoms with Crippen LogP contribution >= 0.6 is 0 Å². The van der Waals surface area contributed by atoms with Gasteiger partial charge in [-0.1, -0.05) is 50.1 Å². The summed E-state index contributed by atoms with van der Waals surface area (Å²) in [4.78, 5) is 53.7. The van der Waals surface area contributed by atoms with Gasteiger partial charge in [0, 0.05) is 13.1 Å². The van der Waals surface area contributed by atoms with Crippen LogP contribution in [0.3, 0.4) is 0 Å². The predicted octanol–water partition coefficient (Wildman–Crippen LogP) is 0.558. The summed E-state index contributed by atoms with van der Waals surface area (Å²) in [6, 6.07) is 7.67. The molecule has 1 aromatic rings. The number of hydrogen-bond donors (Lipinski definition) is 2. The highest BCUT2D eigenvalue weighted by molar-refractivity contribution is 5.93. The van der Waals surface area contributed by atoms with Crippen LogP contribution in [-0.2, 0) is 20.9 Å². The number of nitrogens with zero attached hydrogens (tertiary/aromatic N) is 4. The molecule has 0 aromatic heterocycles. The first-order valence-corrected chi connectivity index (χ1v) is 10.8. The number of hydrazine groups is 1. The van der Waals surface area contributed by atoms with Crippen LogP contribution in [0.1, 0.15) is 25.8 Å². The van der Waals surface area contributed by atoms with Crippen LogP contribution in [0.15, 0.2) is 30.3 Å². The highest BCUT2D eigenvalue weighted by Gasteiger charge is 2.51. The molecule has 0 bridgehead atoms. The number of fused-ring (bicyclic) bond motifs is 1. The average Bonchev–Trinajstić information content (AvgIpc) is 2.75. The lowest BCUT2D eigenvalue weighted by atomic mass is 10.0. The van der Waals surface area contributed by atoms with Crippen molar-refractivity contribution in [2.24, 2.45) is 5.92 Å². The largest absolute Gasteiger partial charge is 0.481 e. The minimum absolute atomic E-state index is 0.0105. The fourth-order valence-electron chi connectivity index (χ4n) is 4.26. The summed E-state index contributed by atoms with van der Waals surface area (Å²) in [7, 11) is 0. The van der Waals surface area contributed by atoms with E-state index in [1.54, 1.807) is 0 Å². The van der Waals surface area contributed by atoms with E-state index in [0.717, 1.165) is 5.56 Å². The molecule has 33 heavy (non-hydrogen) atoms. The summed E-state index contributed by atoms with van der Waals surface area (Å²) >= 11 is 0. The van der Waals surface area contributed by atoms with Crippen molar-refractivity contribution < 1.29 is 24.3 Å². The predicted molar refractivity (Wildman–Crippen MR) is 119 cm³/mol. The monoisotopic (exact) mass is 455 g/mol. The van der Waals surface area contributed by atoms with Crippen molar-refractivity contribution in [3.8, 4) is 12.3 Å². The normalized spacial score (nSPS) is 21.1. The second-order valence-electron chi connectivity index (χ2n) is 8.55. The fraction of sp³-hybridized carbons (Fsp3) is 0.478. The lowest BCUT2D eigenvalue weighted by Gasteiger charge is -2.54. The van der Waals surface area contributed by atoms with Gasteiger partial charge in [-0.15, -0.1) is 6.42 Å². The highest BCUT2D eigenvalue weighted by atomic mass is 16.4. The van der Waals surface area contributed by atoms with E-state index in [0.29, 0.717) is 6.54 Å². The molecule has 1 unspecified atom stereocenters. The molecular weight excluding hydrogens is 426 g/mol. The summed E-state index contributed by atoms with van der Waals surface area (Å²) < 4.78 is 0. The van der Waals surface area contributed by atoms with Crippen molar-refractivity contribution >= 4 is 23.8 Å². The van der Waals surface area contributed by atoms with Crippen LogP contribution in [0.4, 0.5) is 4.79 Å². The van der Waals surface area contributed by atoms with E-state index in [9.17, 15) is 24.3 Å². The van der Waals surface area contributed by atoms with Crippen molar-refractivity contribution in [1.82, 2.24) is 25.1 Å². The van der Waals surface area contributed by atoms with Gasteiger partial charge in [0.25, 0.3) is 0 Å². The number of carboxylic acids is 1. The number of nitrogens with one attached hydrogen (secondary N) is 1. The summed E-state index contributed by atoms with van der Waals surface area (Å²) in [5.41, 5.74) is 0.892. The molecule has 2 saturated heterocycles. The molecule has 2 aliphatic heterocycles. The third-order valence-electron chi connectivity index (χ3n) is 5.55. The maximum atomic E-state index is 13.3. The molecule has 0 aliphatic carbocycles. The maximum Gasteiger partial charge on any atom is 0.334 e. The van der Waals surface area contributed by atoms with Gasteiger partial charge in [0.15, 0.2) is 0 Å². The Hall–Kier alpha value is -3.58. The van der Waals surface area contributed by atoms with E-state index < -0.39 is 42.4 Å². The molecule has 4 amide bonds. The first-order valence-electron chi connectivity index (χ1n) is 10.8. The van der Waals surface area contributed by atoms with E-state index in [2.05, 4.69) is 11.2 Å². The summed E-state index contributed by atoms with van der Waals surface area (Å²) in [6.07, 6.45) is 4.09. The molecule has 176 valence electrons. The number of terminal acetylenes is 1. The summed E-state index contributed by atoms with van der Waals surface area (Å²) in [6.45, 7) is 4.36. The Kier molecular flexibility index (Phi) is 7.55. The molecule has 2 N–H and O–H groups in total. The number of carboxylic acid groups (broad SMARTS) is 1. The number of hydrogen-bond acceptors (Lipinski definition) is 5. The van der Waals surface area contributed by atoms with Gasteiger partial charge in [0.05, 0.1) is 26.1 Å². The van der Waals surface area contributed by atoms with Gasteiger partial charge in [0.2, 0.25) is 11.8 Å². The van der Waals surface area contributed by atoms with Crippen LogP contribution in [0.5, 0.6) is 0 Å². The van der Waals surface area contributed by atoms with Gasteiger partial charge in [-0.25, -0.2) is 9.80 Å². The number of benzene rings is 1. The van der Waals surface area contributed by atoms with Gasteiger partial charge in [-0.2, -0.15) is 5.01 Å². The number of aliphatic carboxylic acids is 1. The third kappa shape index (κ3) is 5.43. The van der Waals surface area contributed by atoms with E-state index in [4.69, 9.17) is 6.42 Å². The van der Waals surface area contributed by atoms with E-state index in [1.165, 1.54) is 19.8 Å². The molecule has 0 saturated carbocycles. The number of piperazine rings is 1. The van der Waals surface area contributed by atoms with E-state index >= 15 is 0 Å². The Morgan fingerprint density at radius 3 is 2.55 bits per heavy atom. The number of amides is 4. The summed E-state index contributed by atoms with van der Waals surface area (Å²) in [5, 5.41) is 15.1. The van der Waals surface area contributed by atoms with Crippen molar-refractivity contribution in [2.75, 3.05) is 26.2 Å². The zero-order valence-corrected chi connectivity index (χ0v) is 18.8. The zero-order chi connectivity index (χ0) is 24.1. The van der Waals surface area contributed by atoms with Gasteiger partial charge in [-0.3, -0.25) is 14.4 Å². The molecule has 0 radical (unpaired) electrons. The van der Waals surface area contributed by atoms with Crippen LogP contribution in [0, 0.1) is 18.3 Å². The smallest absolute Gasteiger partial charge is 0.334 e. The second kappa shape index (κ2) is 10.4. The maximum absolute atomic E-state index is 13.3. The lowest BCUT2D eigenvalue weighted by Crippen LogP contribution is -2.76. The van der Waals surface area contributed by atoms with Gasteiger partial charge in [0.1, 0.15) is 12.2 Å². The molecule has 1 aromatic carbocycles. The zero-order valence-electron chi connectivity index (χ0n) is 18.8. The molecule has 3 rings (SSSR count). The van der Waals surface area contributed by atoms with E-state index in [-0.39, 0.29) is 32.1 Å². The molecule has 0 spiro atoms. The van der Waals surface area contributed by atoms with Crippen LogP contribution < -0.4 is 5.32 Å². The quantitative estimate of drug-likeness (QED) is 0.581. The summed E-state index contributed by atoms with van der Waals surface area (Å²) in [5.74, 6) is 0.524. The minimum atomic E-state index is -1.20. The van der Waals surface area contributed by atoms with Crippen molar-refractivity contribution in [1.29, 1.82) is 0 Å². The molecule has 10 nitrogen and oxygen atoms in total. The Labute approximate surface area is 193 Å². The van der Waals surface area contributed by atoms with Crippen LogP contribution in [0.2, 0.25) is 0 Å². The van der Waals surface area contributed by atoms with Gasteiger partial charge < -0.3 is 20.2 Å². The second-order valence-corrected chi connectivity index (χ2v) is 8.55. The molecule has 10 heteroatoms. The standard InChI is InChI=1S/C23H29N5O5/c1-4-10-26-15-20(29)27-18(11-21(30)31)22(32)25(13-16(2)3)14-19(27)28(26)23(33)24-12-17-8-6-5-7-9-17/h1,5-9,16,18-19H,10-15H2,2-3H3,(H,24,33)(H,30,31)/t18-,19?/m0/s1. The van der Waals surface area contributed by atoms with E-state index in [1.807, 2.05) is 44.2 Å². The van der Waals surface area contributed by atoms with Crippen LogP contribution in [-0.4, -0.2) is 87.1 Å². The molecule has 2 aliphatic rings. The number of carbonyl (C=O) groups excluding carboxylic acids is 3. The first kappa shape index (κ1) is 24.1. The van der Waals surface area contributed by atoms with Crippen molar-refractivity contribution in [3.63, 3.8) is 0 Å². The SMILES string of the molecule is C#CCN1CC(=O)N2C(CN(CC(C)C)C(=O)[C@@H]2CC(=O)O)N1C(=O)NCc1ccccc1. The number of urea groups is 1. The fourth-order valence-corrected chi connectivity index (χ4v) is 4.26. The molecule has 2 atom stereocenters. The number of carbonyl (C=O) groups is 4.